The molecule has 1 fully saturated rings. The molecule has 1 saturated heterocycles. The highest BCUT2D eigenvalue weighted by Crippen LogP contribution is 2.38. The van der Waals surface area contributed by atoms with Crippen molar-refractivity contribution in [2.24, 2.45) is 17.8 Å². The van der Waals surface area contributed by atoms with Gasteiger partial charge in [0.25, 0.3) is 0 Å². The summed E-state index contributed by atoms with van der Waals surface area (Å²) in [6, 6.07) is 9.65. The monoisotopic (exact) mass is 500 g/mol. The number of fused-ring (bicyclic) bond motifs is 1. The standard InChI is InChI=1S/C27H33ClN2O3S/c1-15(2)11-20-26(32)29-24(19-13-17-7-5-6-8-18(17)14-19)27(33)30(20)25(21(31)12-16(3)4)22-9-10-23(28)34-22/h5-10,15-16,19-20,24-25H,11-14H2,1-4H3,(H,29,32)/t20-,24-,25+/m1/s1. The molecule has 1 aliphatic heterocycles. The number of nitrogens with zero attached hydrogens (tertiary/aromatic N) is 1. The highest BCUT2D eigenvalue weighted by Gasteiger charge is 2.49. The van der Waals surface area contributed by atoms with Crippen LogP contribution in [0, 0.1) is 17.8 Å². The molecule has 0 saturated carbocycles. The lowest BCUT2D eigenvalue weighted by atomic mass is 9.87. The molecule has 2 aromatic rings. The van der Waals surface area contributed by atoms with E-state index in [9.17, 15) is 14.4 Å². The molecule has 4 rings (SSSR count). The molecule has 1 N–H and O–H groups in total. The average Bonchev–Trinajstić information content (AvgIpc) is 3.38. The summed E-state index contributed by atoms with van der Waals surface area (Å²) in [6.45, 7) is 8.04. The van der Waals surface area contributed by atoms with E-state index in [2.05, 4.69) is 17.4 Å². The molecule has 1 aliphatic carbocycles. The molecule has 2 aliphatic rings. The number of nitrogens with one attached hydrogen (secondary N) is 1. The summed E-state index contributed by atoms with van der Waals surface area (Å²) >= 11 is 7.56. The van der Waals surface area contributed by atoms with Crippen LogP contribution in [0.15, 0.2) is 36.4 Å². The topological polar surface area (TPSA) is 66.5 Å². The van der Waals surface area contributed by atoms with Crippen molar-refractivity contribution in [3.05, 3.63) is 56.7 Å². The van der Waals surface area contributed by atoms with Gasteiger partial charge < -0.3 is 10.2 Å². The zero-order valence-corrected chi connectivity index (χ0v) is 21.8. The first kappa shape index (κ1) is 24.9. The molecule has 182 valence electrons. The van der Waals surface area contributed by atoms with Crippen LogP contribution < -0.4 is 5.32 Å². The van der Waals surface area contributed by atoms with Gasteiger partial charge in [-0.2, -0.15) is 0 Å². The fraction of sp³-hybridized carbons (Fsp3) is 0.519. The number of benzene rings is 1. The normalized spacial score (nSPS) is 21.8. The molecular weight excluding hydrogens is 468 g/mol. The minimum Gasteiger partial charge on any atom is -0.342 e. The number of thiophene rings is 1. The minimum absolute atomic E-state index is 0.0240. The highest BCUT2D eigenvalue weighted by molar-refractivity contribution is 7.16. The van der Waals surface area contributed by atoms with Crippen molar-refractivity contribution in [1.29, 1.82) is 0 Å². The largest absolute Gasteiger partial charge is 0.342 e. The van der Waals surface area contributed by atoms with Crippen molar-refractivity contribution in [1.82, 2.24) is 10.2 Å². The van der Waals surface area contributed by atoms with Gasteiger partial charge in [-0.3, -0.25) is 14.4 Å². The van der Waals surface area contributed by atoms with Gasteiger partial charge in [-0.25, -0.2) is 0 Å². The van der Waals surface area contributed by atoms with E-state index in [1.54, 1.807) is 11.0 Å². The fourth-order valence-corrected chi connectivity index (χ4v) is 6.50. The first-order valence-corrected chi connectivity index (χ1v) is 13.3. The second-order valence-corrected chi connectivity index (χ2v) is 12.2. The van der Waals surface area contributed by atoms with Crippen molar-refractivity contribution < 1.29 is 14.4 Å². The Labute approximate surface area is 210 Å². The van der Waals surface area contributed by atoms with Crippen molar-refractivity contribution in [3.63, 3.8) is 0 Å². The number of carbonyl (C=O) groups is 3. The first-order chi connectivity index (χ1) is 16.2. The molecule has 0 spiro atoms. The third kappa shape index (κ3) is 5.08. The fourth-order valence-electron chi connectivity index (χ4n) is 5.31. The Balaban J connectivity index is 1.73. The van der Waals surface area contributed by atoms with E-state index in [0.29, 0.717) is 17.2 Å². The molecule has 7 heteroatoms. The smallest absolute Gasteiger partial charge is 0.247 e. The van der Waals surface area contributed by atoms with Crippen LogP contribution in [0.4, 0.5) is 0 Å². The summed E-state index contributed by atoms with van der Waals surface area (Å²) in [7, 11) is 0. The predicted octanol–water partition coefficient (Wildman–Crippen LogP) is 5.21. The molecule has 5 nitrogen and oxygen atoms in total. The molecule has 0 radical (unpaired) electrons. The number of Topliss-reactive ketones (excluding diaryl/α,β-unsaturated/α-hetero) is 1. The summed E-state index contributed by atoms with van der Waals surface area (Å²) < 4.78 is 0.564. The van der Waals surface area contributed by atoms with Gasteiger partial charge >= 0.3 is 0 Å². The van der Waals surface area contributed by atoms with E-state index in [4.69, 9.17) is 11.6 Å². The first-order valence-electron chi connectivity index (χ1n) is 12.1. The van der Waals surface area contributed by atoms with Crippen LogP contribution in [0.25, 0.3) is 0 Å². The molecule has 1 aromatic heterocycles. The number of ketones is 1. The summed E-state index contributed by atoms with van der Waals surface area (Å²) in [4.78, 5) is 43.5. The van der Waals surface area contributed by atoms with Crippen molar-refractivity contribution in [2.75, 3.05) is 0 Å². The van der Waals surface area contributed by atoms with Crippen LogP contribution >= 0.6 is 22.9 Å². The van der Waals surface area contributed by atoms with E-state index in [-0.39, 0.29) is 35.4 Å². The van der Waals surface area contributed by atoms with E-state index in [0.717, 1.165) is 17.7 Å². The minimum atomic E-state index is -0.798. The Morgan fingerprint density at radius 3 is 2.24 bits per heavy atom. The number of hydrogen-bond acceptors (Lipinski definition) is 4. The Morgan fingerprint density at radius 2 is 1.71 bits per heavy atom. The summed E-state index contributed by atoms with van der Waals surface area (Å²) in [6.07, 6.45) is 2.31. The maximum Gasteiger partial charge on any atom is 0.247 e. The highest BCUT2D eigenvalue weighted by atomic mass is 35.5. The van der Waals surface area contributed by atoms with Crippen molar-refractivity contribution in [3.8, 4) is 0 Å². The van der Waals surface area contributed by atoms with Crippen LogP contribution in [-0.4, -0.2) is 34.6 Å². The Morgan fingerprint density at radius 1 is 1.06 bits per heavy atom. The maximum atomic E-state index is 14.1. The van der Waals surface area contributed by atoms with Crippen molar-refractivity contribution >= 4 is 40.5 Å². The number of halogens is 1. The lowest BCUT2D eigenvalue weighted by Crippen LogP contribution is -2.66. The SMILES string of the molecule is CC(C)CC(=O)[C@@H](c1ccc(Cl)s1)N1C(=O)[C@@H](C2Cc3ccccc3C2)NC(=O)[C@H]1CC(C)C. The molecule has 0 unspecified atom stereocenters. The van der Waals surface area contributed by atoms with Crippen molar-refractivity contribution in [2.45, 2.75) is 71.5 Å². The molecule has 2 amide bonds. The Bertz CT molecular complexity index is 1050. The molecule has 34 heavy (non-hydrogen) atoms. The molecule has 3 atom stereocenters. The number of rotatable bonds is 8. The lowest BCUT2D eigenvalue weighted by molar-refractivity contribution is -0.157. The van der Waals surface area contributed by atoms with Crippen LogP contribution in [0.1, 0.15) is 62.6 Å². The van der Waals surface area contributed by atoms with Crippen LogP contribution in [0.5, 0.6) is 0 Å². The quantitative estimate of drug-likeness (QED) is 0.540. The van der Waals surface area contributed by atoms with Gasteiger partial charge in [-0.05, 0) is 60.3 Å². The van der Waals surface area contributed by atoms with Crippen LogP contribution in [0.3, 0.4) is 0 Å². The van der Waals surface area contributed by atoms with Gasteiger partial charge in [-0.15, -0.1) is 11.3 Å². The zero-order chi connectivity index (χ0) is 24.6. The number of carbonyl (C=O) groups excluding carboxylic acids is 3. The maximum absolute atomic E-state index is 14.1. The second-order valence-electron chi connectivity index (χ2n) is 10.4. The van der Waals surface area contributed by atoms with Gasteiger partial charge in [0.05, 0.1) is 4.34 Å². The van der Waals surface area contributed by atoms with Gasteiger partial charge in [0, 0.05) is 11.3 Å². The molecule has 1 aromatic carbocycles. The van der Waals surface area contributed by atoms with Gasteiger partial charge in [0.15, 0.2) is 5.78 Å². The van der Waals surface area contributed by atoms with Crippen LogP contribution in [-0.2, 0) is 27.2 Å². The number of amides is 2. The van der Waals surface area contributed by atoms with Gasteiger partial charge in [0.1, 0.15) is 18.1 Å². The molecule has 0 bridgehead atoms. The lowest BCUT2D eigenvalue weighted by Gasteiger charge is -2.44. The zero-order valence-electron chi connectivity index (χ0n) is 20.2. The second kappa shape index (κ2) is 10.2. The number of hydrogen-bond donors (Lipinski definition) is 1. The summed E-state index contributed by atoms with van der Waals surface area (Å²) in [5.74, 6) is -0.0641. The number of piperazine rings is 1. The third-order valence-corrected chi connectivity index (χ3v) is 8.05. The Kier molecular flexibility index (Phi) is 7.48. The van der Waals surface area contributed by atoms with E-state index >= 15 is 0 Å². The van der Waals surface area contributed by atoms with Crippen LogP contribution in [0.2, 0.25) is 4.34 Å². The summed E-state index contributed by atoms with van der Waals surface area (Å²) in [5.41, 5.74) is 2.45. The van der Waals surface area contributed by atoms with Gasteiger partial charge in [-0.1, -0.05) is 63.6 Å². The van der Waals surface area contributed by atoms with Gasteiger partial charge in [0.2, 0.25) is 11.8 Å². The van der Waals surface area contributed by atoms with E-state index in [1.165, 1.54) is 22.5 Å². The van der Waals surface area contributed by atoms with E-state index < -0.39 is 18.1 Å². The molecule has 2 heterocycles. The Hall–Kier alpha value is -2.18. The molecular formula is C27H33ClN2O3S. The average molecular weight is 501 g/mol. The van der Waals surface area contributed by atoms with E-state index in [1.807, 2.05) is 45.9 Å². The third-order valence-electron chi connectivity index (χ3n) is 6.76. The summed E-state index contributed by atoms with van der Waals surface area (Å²) in [5, 5.41) is 3.06. The predicted molar refractivity (Wildman–Crippen MR) is 136 cm³/mol.